The zero-order valence-corrected chi connectivity index (χ0v) is 13.4. The zero-order valence-electron chi connectivity index (χ0n) is 13.4. The summed E-state index contributed by atoms with van der Waals surface area (Å²) in [4.78, 5) is 11.4. The van der Waals surface area contributed by atoms with Crippen LogP contribution in [0.4, 0.5) is 0 Å². The highest BCUT2D eigenvalue weighted by Gasteiger charge is 2.09. The minimum Gasteiger partial charge on any atom is -0.463 e. The monoisotopic (exact) mass is 309 g/mol. The van der Waals surface area contributed by atoms with Crippen LogP contribution < -0.4 is 5.32 Å². The van der Waals surface area contributed by atoms with Crippen LogP contribution in [0.25, 0.3) is 0 Å². The lowest BCUT2D eigenvalue weighted by atomic mass is 10.0. The summed E-state index contributed by atoms with van der Waals surface area (Å²) < 4.78 is 4.91. The van der Waals surface area contributed by atoms with Crippen LogP contribution in [0.5, 0.6) is 0 Å². The average molecular weight is 309 g/mol. The average Bonchev–Trinajstić information content (AvgIpc) is 2.60. The molecule has 0 saturated carbocycles. The summed E-state index contributed by atoms with van der Waals surface area (Å²) in [6.07, 6.45) is 4.10. The molecular weight excluding hydrogens is 286 g/mol. The number of carbonyl (C=O) groups is 1. The van der Waals surface area contributed by atoms with Gasteiger partial charge in [-0.3, -0.25) is 0 Å². The molecule has 0 spiro atoms. The van der Waals surface area contributed by atoms with Crippen molar-refractivity contribution < 1.29 is 9.53 Å². The molecule has 2 aromatic rings. The number of hydrogen-bond acceptors (Lipinski definition) is 3. The summed E-state index contributed by atoms with van der Waals surface area (Å²) in [5.74, 6) is -0.289. The van der Waals surface area contributed by atoms with Crippen molar-refractivity contribution >= 4 is 5.97 Å². The molecule has 1 N–H and O–H groups in total. The highest BCUT2D eigenvalue weighted by Crippen LogP contribution is 2.18. The fourth-order valence-electron chi connectivity index (χ4n) is 2.35. The molecule has 0 fully saturated rings. The maximum Gasteiger partial charge on any atom is 0.330 e. The molecule has 0 amide bonds. The quantitative estimate of drug-likeness (QED) is 0.591. The molecule has 2 rings (SSSR count). The lowest BCUT2D eigenvalue weighted by Crippen LogP contribution is -2.20. The van der Waals surface area contributed by atoms with E-state index in [0.717, 1.165) is 13.0 Å². The summed E-state index contributed by atoms with van der Waals surface area (Å²) in [6.45, 7) is 2.99. The minimum absolute atomic E-state index is 0.155. The van der Waals surface area contributed by atoms with Gasteiger partial charge < -0.3 is 10.1 Å². The van der Waals surface area contributed by atoms with E-state index in [1.165, 1.54) is 17.2 Å². The lowest BCUT2D eigenvalue weighted by Gasteiger charge is -2.18. The van der Waals surface area contributed by atoms with E-state index in [1.807, 2.05) is 42.5 Å². The van der Waals surface area contributed by atoms with E-state index in [-0.39, 0.29) is 12.0 Å². The topological polar surface area (TPSA) is 38.3 Å². The molecule has 0 bridgehead atoms. The number of nitrogens with one attached hydrogen (secondary N) is 1. The summed E-state index contributed by atoms with van der Waals surface area (Å²) in [7, 11) is 0. The van der Waals surface area contributed by atoms with Crippen LogP contribution in [0, 0.1) is 0 Å². The second-order valence-corrected chi connectivity index (χ2v) is 5.22. The van der Waals surface area contributed by atoms with Crippen molar-refractivity contribution in [1.29, 1.82) is 0 Å². The Kier molecular flexibility index (Phi) is 7.08. The molecule has 0 aliphatic heterocycles. The molecule has 120 valence electrons. The third-order valence-electron chi connectivity index (χ3n) is 3.51. The van der Waals surface area contributed by atoms with Gasteiger partial charge in [-0.25, -0.2) is 4.79 Å². The Morgan fingerprint density at radius 1 is 1.09 bits per heavy atom. The van der Waals surface area contributed by atoms with Crippen molar-refractivity contribution in [2.45, 2.75) is 25.9 Å². The maximum absolute atomic E-state index is 11.4. The van der Waals surface area contributed by atoms with Crippen molar-refractivity contribution in [3.05, 3.63) is 83.9 Å². The summed E-state index contributed by atoms with van der Waals surface area (Å²) >= 11 is 0. The molecule has 0 radical (unpaired) electrons. The van der Waals surface area contributed by atoms with E-state index in [1.54, 1.807) is 6.92 Å². The molecule has 0 aromatic heterocycles. The second-order valence-electron chi connectivity index (χ2n) is 5.22. The molecular formula is C20H23NO2. The fourth-order valence-corrected chi connectivity index (χ4v) is 2.35. The van der Waals surface area contributed by atoms with Gasteiger partial charge in [-0.05, 0) is 24.5 Å². The molecule has 1 atom stereocenters. The molecule has 3 nitrogen and oxygen atoms in total. The van der Waals surface area contributed by atoms with Gasteiger partial charge in [0.05, 0.1) is 6.61 Å². The predicted octanol–water partition coefficient (Wildman–Crippen LogP) is 4.03. The first-order valence-electron chi connectivity index (χ1n) is 7.95. The van der Waals surface area contributed by atoms with Gasteiger partial charge in [0.1, 0.15) is 0 Å². The molecule has 3 heteroatoms. The molecule has 0 aliphatic rings. The molecule has 0 unspecified atom stereocenters. The van der Waals surface area contributed by atoms with Gasteiger partial charge in [-0.15, -0.1) is 0 Å². The number of hydrogen-bond donors (Lipinski definition) is 1. The number of esters is 1. The third kappa shape index (κ3) is 6.09. The molecule has 2 aromatic carbocycles. The second kappa shape index (κ2) is 9.59. The Labute approximate surface area is 138 Å². The number of ether oxygens (including phenoxy) is 1. The van der Waals surface area contributed by atoms with Crippen LogP contribution >= 0.6 is 0 Å². The Balaban J connectivity index is 1.99. The van der Waals surface area contributed by atoms with Crippen molar-refractivity contribution in [2.24, 2.45) is 0 Å². The van der Waals surface area contributed by atoms with Gasteiger partial charge >= 0.3 is 5.97 Å². The standard InChI is InChI=1S/C20H23NO2/c1-2-23-20(22)15-9-14-19(18-12-7-4-8-13-18)21-16-17-10-5-3-6-11-17/h3-13,15,19,21H,2,14,16H2,1H3/b15-9+/t19-/m0/s1. The van der Waals surface area contributed by atoms with Gasteiger partial charge in [0.15, 0.2) is 0 Å². The molecule has 23 heavy (non-hydrogen) atoms. The predicted molar refractivity (Wildman–Crippen MR) is 92.9 cm³/mol. The van der Waals surface area contributed by atoms with E-state index in [4.69, 9.17) is 4.74 Å². The van der Waals surface area contributed by atoms with Gasteiger partial charge in [0.25, 0.3) is 0 Å². The molecule has 0 aliphatic carbocycles. The van der Waals surface area contributed by atoms with Gasteiger partial charge in [-0.2, -0.15) is 0 Å². The van der Waals surface area contributed by atoms with E-state index < -0.39 is 0 Å². The van der Waals surface area contributed by atoms with Crippen LogP contribution in [0.3, 0.4) is 0 Å². The molecule has 0 saturated heterocycles. The minimum atomic E-state index is -0.289. The molecule has 0 heterocycles. The van der Waals surface area contributed by atoms with Crippen molar-refractivity contribution in [3.63, 3.8) is 0 Å². The highest BCUT2D eigenvalue weighted by atomic mass is 16.5. The van der Waals surface area contributed by atoms with Crippen molar-refractivity contribution in [3.8, 4) is 0 Å². The van der Waals surface area contributed by atoms with Gasteiger partial charge in [0.2, 0.25) is 0 Å². The van der Waals surface area contributed by atoms with Crippen LogP contribution in [-0.2, 0) is 16.1 Å². The van der Waals surface area contributed by atoms with Crippen LogP contribution in [0.2, 0.25) is 0 Å². The Bertz CT molecular complexity index is 608. The maximum atomic E-state index is 11.4. The summed E-state index contributed by atoms with van der Waals surface area (Å²) in [5.41, 5.74) is 2.44. The van der Waals surface area contributed by atoms with Gasteiger partial charge in [0, 0.05) is 18.7 Å². The van der Waals surface area contributed by atoms with E-state index in [0.29, 0.717) is 6.61 Å². The summed E-state index contributed by atoms with van der Waals surface area (Å²) in [6, 6.07) is 20.7. The van der Waals surface area contributed by atoms with Crippen LogP contribution in [0.1, 0.15) is 30.5 Å². The van der Waals surface area contributed by atoms with E-state index in [2.05, 4.69) is 29.6 Å². The SMILES string of the molecule is CCOC(=O)/C=C/C[C@H](NCc1ccccc1)c1ccccc1. The number of carbonyl (C=O) groups excluding carboxylic acids is 1. The fraction of sp³-hybridized carbons (Fsp3) is 0.250. The van der Waals surface area contributed by atoms with Gasteiger partial charge in [-0.1, -0.05) is 66.7 Å². The third-order valence-corrected chi connectivity index (χ3v) is 3.51. The zero-order chi connectivity index (χ0) is 16.3. The van der Waals surface area contributed by atoms with E-state index in [9.17, 15) is 4.79 Å². The highest BCUT2D eigenvalue weighted by molar-refractivity contribution is 5.81. The Hall–Kier alpha value is -2.39. The van der Waals surface area contributed by atoms with Crippen LogP contribution in [0.15, 0.2) is 72.8 Å². The Morgan fingerprint density at radius 2 is 1.74 bits per heavy atom. The first kappa shape index (κ1) is 17.0. The number of benzene rings is 2. The van der Waals surface area contributed by atoms with E-state index >= 15 is 0 Å². The Morgan fingerprint density at radius 3 is 2.39 bits per heavy atom. The van der Waals surface area contributed by atoms with Crippen molar-refractivity contribution in [2.75, 3.05) is 6.61 Å². The van der Waals surface area contributed by atoms with Crippen molar-refractivity contribution in [1.82, 2.24) is 5.32 Å². The van der Waals surface area contributed by atoms with Crippen LogP contribution in [-0.4, -0.2) is 12.6 Å². The summed E-state index contributed by atoms with van der Waals surface area (Å²) in [5, 5.41) is 3.55. The lowest BCUT2D eigenvalue weighted by molar-refractivity contribution is -0.137. The largest absolute Gasteiger partial charge is 0.463 e. The smallest absolute Gasteiger partial charge is 0.330 e. The first-order valence-corrected chi connectivity index (χ1v) is 7.95. The first-order chi connectivity index (χ1) is 11.3. The number of rotatable bonds is 8. The normalized spacial score (nSPS) is 12.2.